The van der Waals surface area contributed by atoms with E-state index in [-0.39, 0.29) is 17.9 Å². The van der Waals surface area contributed by atoms with Gasteiger partial charge in [-0.25, -0.2) is 4.98 Å². The maximum absolute atomic E-state index is 12.4. The molecule has 114 valence electrons. The van der Waals surface area contributed by atoms with Gasteiger partial charge in [-0.2, -0.15) is 0 Å². The number of hydrogen-bond acceptors (Lipinski definition) is 5. The molecule has 3 heterocycles. The van der Waals surface area contributed by atoms with Crippen LogP contribution in [0.25, 0.3) is 0 Å². The summed E-state index contributed by atoms with van der Waals surface area (Å²) in [7, 11) is 0. The molecule has 0 bridgehead atoms. The van der Waals surface area contributed by atoms with Crippen LogP contribution in [-0.4, -0.2) is 58.8 Å². The van der Waals surface area contributed by atoms with E-state index in [2.05, 4.69) is 4.98 Å². The maximum Gasteiger partial charge on any atom is 0.273 e. The molecule has 0 aromatic carbocycles. The number of aromatic nitrogens is 1. The number of likely N-dealkylation sites (tertiary alicyclic amines) is 2. The number of hydrogen-bond donors (Lipinski definition) is 1. The number of nitrogens with zero attached hydrogens (tertiary/aromatic N) is 3. The van der Waals surface area contributed by atoms with Gasteiger partial charge in [0, 0.05) is 44.0 Å². The average Bonchev–Trinajstić information content (AvgIpc) is 3.03. The fourth-order valence-electron chi connectivity index (χ4n) is 3.45. The molecule has 2 atom stereocenters. The van der Waals surface area contributed by atoms with E-state index in [1.807, 2.05) is 9.80 Å². The maximum atomic E-state index is 12.4. The zero-order chi connectivity index (χ0) is 14.8. The first-order valence-electron chi connectivity index (χ1n) is 7.37. The topological polar surface area (TPSA) is 79.5 Å². The largest absolute Gasteiger partial charge is 0.338 e. The van der Waals surface area contributed by atoms with Gasteiger partial charge in [0.05, 0.1) is 5.51 Å². The van der Waals surface area contributed by atoms with Gasteiger partial charge < -0.3 is 15.5 Å². The van der Waals surface area contributed by atoms with Gasteiger partial charge in [0.2, 0.25) is 5.91 Å². The van der Waals surface area contributed by atoms with Crippen LogP contribution in [0.1, 0.15) is 29.8 Å². The summed E-state index contributed by atoms with van der Waals surface area (Å²) < 4.78 is 0. The minimum Gasteiger partial charge on any atom is -0.338 e. The molecule has 2 amide bonds. The normalized spacial score (nSPS) is 25.9. The van der Waals surface area contributed by atoms with E-state index in [4.69, 9.17) is 5.73 Å². The zero-order valence-electron chi connectivity index (χ0n) is 11.9. The quantitative estimate of drug-likeness (QED) is 0.884. The first-order valence-corrected chi connectivity index (χ1v) is 8.32. The lowest BCUT2D eigenvalue weighted by atomic mass is 9.83. The van der Waals surface area contributed by atoms with Crippen LogP contribution in [0, 0.1) is 5.92 Å². The van der Waals surface area contributed by atoms with Crippen molar-refractivity contribution in [1.82, 2.24) is 14.8 Å². The Morgan fingerprint density at radius 3 is 3.05 bits per heavy atom. The van der Waals surface area contributed by atoms with Gasteiger partial charge in [0.15, 0.2) is 0 Å². The molecular formula is C14H20N4O2S. The highest BCUT2D eigenvalue weighted by Gasteiger charge is 2.40. The summed E-state index contributed by atoms with van der Waals surface area (Å²) in [6, 6.07) is 0.245. The molecule has 0 saturated carbocycles. The molecule has 2 aliphatic rings. The molecule has 2 aliphatic heterocycles. The summed E-state index contributed by atoms with van der Waals surface area (Å²) >= 11 is 1.44. The van der Waals surface area contributed by atoms with Gasteiger partial charge in [-0.05, 0) is 18.8 Å². The van der Waals surface area contributed by atoms with Crippen molar-refractivity contribution in [3.8, 4) is 0 Å². The van der Waals surface area contributed by atoms with Crippen LogP contribution in [0.2, 0.25) is 0 Å². The third-order valence-corrected chi connectivity index (χ3v) is 5.04. The molecule has 7 heteroatoms. The molecule has 0 spiro atoms. The Balaban J connectivity index is 1.69. The molecule has 0 aliphatic carbocycles. The van der Waals surface area contributed by atoms with E-state index in [0.717, 1.165) is 19.4 Å². The third kappa shape index (κ3) is 2.80. The Morgan fingerprint density at radius 2 is 2.33 bits per heavy atom. The SMILES string of the molecule is NCCN1C(=O)CC[C@H]2CN(C(=O)c3cscn3)CC[C@H]21. The smallest absolute Gasteiger partial charge is 0.273 e. The van der Waals surface area contributed by atoms with Crippen LogP contribution in [0.4, 0.5) is 0 Å². The number of piperidine rings is 2. The monoisotopic (exact) mass is 308 g/mol. The lowest BCUT2D eigenvalue weighted by Gasteiger charge is -2.46. The van der Waals surface area contributed by atoms with Crippen molar-refractivity contribution in [2.75, 3.05) is 26.2 Å². The minimum absolute atomic E-state index is 0.0111. The lowest BCUT2D eigenvalue weighted by molar-refractivity contribution is -0.140. The van der Waals surface area contributed by atoms with E-state index in [9.17, 15) is 9.59 Å². The van der Waals surface area contributed by atoms with Crippen LogP contribution in [0.15, 0.2) is 10.9 Å². The average molecular weight is 308 g/mol. The highest BCUT2D eigenvalue weighted by Crippen LogP contribution is 2.31. The highest BCUT2D eigenvalue weighted by atomic mass is 32.1. The Hall–Kier alpha value is -1.47. The van der Waals surface area contributed by atoms with Crippen molar-refractivity contribution in [3.63, 3.8) is 0 Å². The van der Waals surface area contributed by atoms with Crippen molar-refractivity contribution in [1.29, 1.82) is 0 Å². The fourth-order valence-corrected chi connectivity index (χ4v) is 3.97. The molecule has 6 nitrogen and oxygen atoms in total. The van der Waals surface area contributed by atoms with Crippen LogP contribution < -0.4 is 5.73 Å². The fraction of sp³-hybridized carbons (Fsp3) is 0.643. The van der Waals surface area contributed by atoms with Crippen molar-refractivity contribution >= 4 is 23.2 Å². The summed E-state index contributed by atoms with van der Waals surface area (Å²) in [6.07, 6.45) is 2.28. The standard InChI is InChI=1S/C14H20N4O2S/c15-4-6-18-12-3-5-17(7-10(12)1-2-13(18)19)14(20)11-8-21-9-16-11/h8-10,12H,1-7,15H2/t10-,12+/m0/s1. The molecule has 0 unspecified atom stereocenters. The Morgan fingerprint density at radius 1 is 1.48 bits per heavy atom. The van der Waals surface area contributed by atoms with Gasteiger partial charge in [0.25, 0.3) is 5.91 Å². The second kappa shape index (κ2) is 6.11. The highest BCUT2D eigenvalue weighted by molar-refractivity contribution is 7.07. The Kier molecular flexibility index (Phi) is 4.21. The van der Waals surface area contributed by atoms with Gasteiger partial charge in [-0.1, -0.05) is 0 Å². The van der Waals surface area contributed by atoms with Crippen molar-refractivity contribution in [2.45, 2.75) is 25.3 Å². The number of thiazole rings is 1. The molecular weight excluding hydrogens is 288 g/mol. The number of carbonyl (C=O) groups is 2. The van der Waals surface area contributed by atoms with E-state index in [0.29, 0.717) is 37.7 Å². The van der Waals surface area contributed by atoms with Gasteiger partial charge in [-0.15, -0.1) is 11.3 Å². The van der Waals surface area contributed by atoms with E-state index in [1.165, 1.54) is 11.3 Å². The zero-order valence-corrected chi connectivity index (χ0v) is 12.7. The first-order chi connectivity index (χ1) is 10.2. The van der Waals surface area contributed by atoms with Gasteiger partial charge >= 0.3 is 0 Å². The molecule has 1 aromatic heterocycles. The number of nitrogens with two attached hydrogens (primary N) is 1. The Labute approximate surface area is 127 Å². The predicted octanol–water partition coefficient (Wildman–Crippen LogP) is 0.555. The van der Waals surface area contributed by atoms with Crippen molar-refractivity contribution < 1.29 is 9.59 Å². The number of rotatable bonds is 3. The van der Waals surface area contributed by atoms with Crippen LogP contribution in [0.5, 0.6) is 0 Å². The van der Waals surface area contributed by atoms with Crippen LogP contribution in [-0.2, 0) is 4.79 Å². The summed E-state index contributed by atoms with van der Waals surface area (Å²) in [6.45, 7) is 2.53. The molecule has 2 fully saturated rings. The number of fused-ring (bicyclic) bond motifs is 1. The third-order valence-electron chi connectivity index (χ3n) is 4.45. The molecule has 1 aromatic rings. The second-order valence-corrected chi connectivity index (χ2v) is 6.37. The van der Waals surface area contributed by atoms with Gasteiger partial charge in [0.1, 0.15) is 5.69 Å². The van der Waals surface area contributed by atoms with E-state index >= 15 is 0 Å². The molecule has 21 heavy (non-hydrogen) atoms. The van der Waals surface area contributed by atoms with E-state index < -0.39 is 0 Å². The lowest BCUT2D eigenvalue weighted by Crippen LogP contribution is -2.57. The molecule has 2 N–H and O–H groups in total. The van der Waals surface area contributed by atoms with Crippen molar-refractivity contribution in [2.24, 2.45) is 11.7 Å². The molecule has 3 rings (SSSR count). The summed E-state index contributed by atoms with van der Waals surface area (Å²) in [5.74, 6) is 0.587. The molecule has 2 saturated heterocycles. The van der Waals surface area contributed by atoms with Crippen LogP contribution >= 0.6 is 11.3 Å². The first kappa shape index (κ1) is 14.5. The summed E-state index contributed by atoms with van der Waals surface area (Å²) in [5.41, 5.74) is 7.83. The summed E-state index contributed by atoms with van der Waals surface area (Å²) in [4.78, 5) is 32.3. The Bertz CT molecular complexity index is 519. The van der Waals surface area contributed by atoms with Gasteiger partial charge in [-0.3, -0.25) is 9.59 Å². The van der Waals surface area contributed by atoms with Crippen molar-refractivity contribution in [3.05, 3.63) is 16.6 Å². The predicted molar refractivity (Wildman–Crippen MR) is 79.9 cm³/mol. The second-order valence-electron chi connectivity index (χ2n) is 5.66. The number of amides is 2. The van der Waals surface area contributed by atoms with E-state index in [1.54, 1.807) is 10.9 Å². The molecule has 0 radical (unpaired) electrons. The van der Waals surface area contributed by atoms with Crippen LogP contribution in [0.3, 0.4) is 0 Å². The minimum atomic E-state index is 0.0111. The summed E-state index contributed by atoms with van der Waals surface area (Å²) in [5, 5.41) is 1.79. The number of carbonyl (C=O) groups excluding carboxylic acids is 2.